The number of hydrogen-bond acceptors (Lipinski definition) is 6. The third kappa shape index (κ3) is 4.06. The van der Waals surface area contributed by atoms with Crippen LogP contribution in [-0.2, 0) is 33.7 Å². The Morgan fingerprint density at radius 3 is 2.93 bits per heavy atom. The Bertz CT molecular complexity index is 1130. The van der Waals surface area contributed by atoms with Crippen molar-refractivity contribution < 1.29 is 19.1 Å². The number of benzene rings is 1. The summed E-state index contributed by atoms with van der Waals surface area (Å²) >= 11 is 1.38. The average Bonchev–Trinajstić information content (AvgIpc) is 3.27. The molecule has 1 aliphatic rings. The van der Waals surface area contributed by atoms with Gasteiger partial charge in [0.15, 0.2) is 6.61 Å². The SMILES string of the molecule is C[C@H]1CCc2c(sc(NC(=O)COC(=O)Cn3cnc4ccccc43)c2C(N)=O)C1. The number of ether oxygens (including phenoxy) is 1. The molecule has 1 aromatic carbocycles. The van der Waals surface area contributed by atoms with Crippen molar-refractivity contribution in [1.82, 2.24) is 9.55 Å². The number of hydrogen-bond donors (Lipinski definition) is 2. The van der Waals surface area contributed by atoms with Crippen LogP contribution in [0.4, 0.5) is 5.00 Å². The Morgan fingerprint density at radius 1 is 1.33 bits per heavy atom. The van der Waals surface area contributed by atoms with Gasteiger partial charge < -0.3 is 20.4 Å². The third-order valence-electron chi connectivity index (χ3n) is 5.20. The van der Waals surface area contributed by atoms with Crippen molar-refractivity contribution in [3.05, 3.63) is 46.6 Å². The predicted octanol–water partition coefficient (Wildman–Crippen LogP) is 2.50. The molecule has 0 saturated carbocycles. The van der Waals surface area contributed by atoms with Gasteiger partial charge in [0.05, 0.1) is 22.9 Å². The van der Waals surface area contributed by atoms with Crippen molar-refractivity contribution >= 4 is 45.2 Å². The number of anilines is 1. The topological polar surface area (TPSA) is 116 Å². The lowest BCUT2D eigenvalue weighted by molar-refractivity contribution is -0.147. The van der Waals surface area contributed by atoms with Crippen LogP contribution in [0.3, 0.4) is 0 Å². The second-order valence-corrected chi connectivity index (χ2v) is 8.60. The zero-order chi connectivity index (χ0) is 21.3. The number of aromatic nitrogens is 2. The summed E-state index contributed by atoms with van der Waals surface area (Å²) < 4.78 is 6.77. The van der Waals surface area contributed by atoms with Crippen LogP contribution < -0.4 is 11.1 Å². The van der Waals surface area contributed by atoms with Gasteiger partial charge in [0, 0.05) is 4.88 Å². The minimum atomic E-state index is -0.554. The van der Waals surface area contributed by atoms with Gasteiger partial charge >= 0.3 is 5.97 Å². The molecule has 2 heterocycles. The second-order valence-electron chi connectivity index (χ2n) is 7.49. The van der Waals surface area contributed by atoms with Crippen LogP contribution in [0, 0.1) is 5.92 Å². The Morgan fingerprint density at radius 2 is 2.13 bits per heavy atom. The second kappa shape index (κ2) is 8.27. The maximum absolute atomic E-state index is 12.3. The molecule has 1 atom stereocenters. The number of primary amides is 1. The van der Waals surface area contributed by atoms with Gasteiger partial charge in [0.25, 0.3) is 11.8 Å². The maximum Gasteiger partial charge on any atom is 0.326 e. The Labute approximate surface area is 177 Å². The van der Waals surface area contributed by atoms with E-state index in [9.17, 15) is 14.4 Å². The predicted molar refractivity (Wildman–Crippen MR) is 113 cm³/mol. The van der Waals surface area contributed by atoms with Crippen molar-refractivity contribution in [3.8, 4) is 0 Å². The standard InChI is InChI=1S/C21H22N4O4S/c1-12-6-7-13-16(8-12)30-21(19(13)20(22)28)24-17(26)10-29-18(27)9-25-11-23-14-4-2-3-5-15(14)25/h2-5,11-12H,6-10H2,1H3,(H2,22,28)(H,24,26)/t12-/m0/s1. The summed E-state index contributed by atoms with van der Waals surface area (Å²) in [6, 6.07) is 7.43. The lowest BCUT2D eigenvalue weighted by Crippen LogP contribution is -2.24. The van der Waals surface area contributed by atoms with Crippen molar-refractivity contribution in [3.63, 3.8) is 0 Å². The molecule has 0 fully saturated rings. The number of nitrogens with one attached hydrogen (secondary N) is 1. The molecule has 3 N–H and O–H groups in total. The molecule has 30 heavy (non-hydrogen) atoms. The fourth-order valence-electron chi connectivity index (χ4n) is 3.73. The van der Waals surface area contributed by atoms with Gasteiger partial charge in [-0.2, -0.15) is 0 Å². The molecule has 1 aliphatic carbocycles. The molecule has 0 bridgehead atoms. The highest BCUT2D eigenvalue weighted by molar-refractivity contribution is 7.17. The molecule has 156 valence electrons. The van der Waals surface area contributed by atoms with E-state index in [2.05, 4.69) is 17.2 Å². The first-order valence-corrected chi connectivity index (χ1v) is 10.5. The summed E-state index contributed by atoms with van der Waals surface area (Å²) in [6.07, 6.45) is 4.18. The fourth-order valence-corrected chi connectivity index (χ4v) is 5.16. The molecule has 2 amide bonds. The van der Waals surface area contributed by atoms with Crippen LogP contribution >= 0.6 is 11.3 Å². The van der Waals surface area contributed by atoms with E-state index in [1.165, 1.54) is 11.3 Å². The van der Waals surface area contributed by atoms with Crippen LogP contribution in [0.5, 0.6) is 0 Å². The number of carbonyl (C=O) groups excluding carboxylic acids is 3. The molecule has 2 aromatic heterocycles. The molecule has 4 rings (SSSR count). The third-order valence-corrected chi connectivity index (χ3v) is 6.37. The highest BCUT2D eigenvalue weighted by Gasteiger charge is 2.27. The van der Waals surface area contributed by atoms with E-state index in [0.717, 1.165) is 40.7 Å². The number of carbonyl (C=O) groups is 3. The van der Waals surface area contributed by atoms with Gasteiger partial charge in [0.2, 0.25) is 0 Å². The zero-order valence-electron chi connectivity index (χ0n) is 16.5. The lowest BCUT2D eigenvalue weighted by atomic mass is 9.88. The number of nitrogens with two attached hydrogens (primary N) is 1. The maximum atomic E-state index is 12.3. The summed E-state index contributed by atoms with van der Waals surface area (Å²) in [7, 11) is 0. The number of esters is 1. The fraction of sp³-hybridized carbons (Fsp3) is 0.333. The van der Waals surface area contributed by atoms with Crippen LogP contribution in [0.15, 0.2) is 30.6 Å². The number of thiophene rings is 1. The van der Waals surface area contributed by atoms with Crippen molar-refractivity contribution in [2.75, 3.05) is 11.9 Å². The summed E-state index contributed by atoms with van der Waals surface area (Å²) in [6.45, 7) is 1.67. The van der Waals surface area contributed by atoms with E-state index in [1.54, 1.807) is 10.9 Å². The molecule has 8 nitrogen and oxygen atoms in total. The van der Waals surface area contributed by atoms with Crippen LogP contribution in [0.25, 0.3) is 11.0 Å². The summed E-state index contributed by atoms with van der Waals surface area (Å²) in [4.78, 5) is 41.7. The number of rotatable bonds is 6. The Kier molecular flexibility index (Phi) is 5.54. The summed E-state index contributed by atoms with van der Waals surface area (Å²) in [5.74, 6) is -1.09. The summed E-state index contributed by atoms with van der Waals surface area (Å²) in [5.41, 5.74) is 8.46. The number of para-hydroxylation sites is 2. The minimum absolute atomic E-state index is 0.0501. The van der Waals surface area contributed by atoms with Crippen LogP contribution in [0.1, 0.15) is 34.1 Å². The molecular weight excluding hydrogens is 404 g/mol. The Balaban J connectivity index is 1.38. The molecule has 0 unspecified atom stereocenters. The zero-order valence-corrected chi connectivity index (χ0v) is 17.3. The lowest BCUT2D eigenvalue weighted by Gasteiger charge is -2.18. The highest BCUT2D eigenvalue weighted by atomic mass is 32.1. The van der Waals surface area contributed by atoms with Gasteiger partial charge in [-0.3, -0.25) is 14.4 Å². The van der Waals surface area contributed by atoms with Gasteiger partial charge in [-0.05, 0) is 42.9 Å². The van der Waals surface area contributed by atoms with Gasteiger partial charge in [0.1, 0.15) is 11.5 Å². The molecule has 0 radical (unpaired) electrons. The normalized spacial score (nSPS) is 15.6. The molecule has 0 saturated heterocycles. The van der Waals surface area contributed by atoms with E-state index in [1.807, 2.05) is 24.3 Å². The smallest absolute Gasteiger partial charge is 0.326 e. The van der Waals surface area contributed by atoms with Gasteiger partial charge in [-0.1, -0.05) is 19.1 Å². The number of nitrogens with zero attached hydrogens (tertiary/aromatic N) is 2. The van der Waals surface area contributed by atoms with Crippen LogP contribution in [-0.4, -0.2) is 33.9 Å². The van der Waals surface area contributed by atoms with E-state index in [-0.39, 0.29) is 6.54 Å². The largest absolute Gasteiger partial charge is 0.454 e. The van der Waals surface area contributed by atoms with E-state index in [0.29, 0.717) is 16.5 Å². The summed E-state index contributed by atoms with van der Waals surface area (Å²) in [5, 5.41) is 3.12. The number of fused-ring (bicyclic) bond motifs is 2. The van der Waals surface area contributed by atoms with Gasteiger partial charge in [-0.15, -0.1) is 11.3 Å². The highest BCUT2D eigenvalue weighted by Crippen LogP contribution is 2.39. The molecule has 0 spiro atoms. The molecular formula is C21H22N4O4S. The molecule has 9 heteroatoms. The first-order valence-electron chi connectivity index (χ1n) is 9.72. The monoisotopic (exact) mass is 426 g/mol. The van der Waals surface area contributed by atoms with Crippen molar-refractivity contribution in [1.29, 1.82) is 0 Å². The van der Waals surface area contributed by atoms with E-state index < -0.39 is 24.4 Å². The minimum Gasteiger partial charge on any atom is -0.454 e. The number of imidazole rings is 1. The quantitative estimate of drug-likeness (QED) is 0.588. The van der Waals surface area contributed by atoms with E-state index >= 15 is 0 Å². The Hall–Kier alpha value is -3.20. The molecule has 0 aliphatic heterocycles. The van der Waals surface area contributed by atoms with Crippen LogP contribution in [0.2, 0.25) is 0 Å². The van der Waals surface area contributed by atoms with Crippen molar-refractivity contribution in [2.45, 2.75) is 32.7 Å². The van der Waals surface area contributed by atoms with Crippen molar-refractivity contribution in [2.24, 2.45) is 11.7 Å². The first-order chi connectivity index (χ1) is 14.4. The first kappa shape index (κ1) is 20.1. The van der Waals surface area contributed by atoms with E-state index in [4.69, 9.17) is 10.5 Å². The molecule has 3 aromatic rings. The van der Waals surface area contributed by atoms with Gasteiger partial charge in [-0.25, -0.2) is 4.98 Å². The number of amides is 2. The average molecular weight is 426 g/mol.